The quantitative estimate of drug-likeness (QED) is 0.809. The fourth-order valence-corrected chi connectivity index (χ4v) is 4.13. The molecule has 0 aromatic heterocycles. The number of nitriles is 1. The number of likely N-dealkylation sites (tertiary alicyclic amines) is 1. The van der Waals surface area contributed by atoms with Crippen molar-refractivity contribution < 1.29 is 9.59 Å². The van der Waals surface area contributed by atoms with Crippen molar-refractivity contribution >= 4 is 23.2 Å². The van der Waals surface area contributed by atoms with E-state index in [0.717, 1.165) is 42.6 Å². The molecule has 142 valence electrons. The summed E-state index contributed by atoms with van der Waals surface area (Å²) in [7, 11) is 0. The van der Waals surface area contributed by atoms with Crippen LogP contribution < -0.4 is 10.6 Å². The molecule has 1 saturated heterocycles. The van der Waals surface area contributed by atoms with Crippen LogP contribution >= 0.6 is 0 Å². The monoisotopic (exact) mass is 374 g/mol. The Hall–Kier alpha value is -3.33. The van der Waals surface area contributed by atoms with Gasteiger partial charge >= 0.3 is 11.8 Å². The van der Waals surface area contributed by atoms with Crippen molar-refractivity contribution in [2.45, 2.75) is 31.2 Å². The molecule has 2 N–H and O–H groups in total. The first-order valence-electron chi connectivity index (χ1n) is 9.60. The van der Waals surface area contributed by atoms with E-state index in [1.165, 1.54) is 0 Å². The highest BCUT2D eigenvalue weighted by atomic mass is 16.2. The van der Waals surface area contributed by atoms with Crippen LogP contribution in [-0.2, 0) is 16.0 Å². The highest BCUT2D eigenvalue weighted by molar-refractivity contribution is 6.39. The molecule has 28 heavy (non-hydrogen) atoms. The summed E-state index contributed by atoms with van der Waals surface area (Å²) >= 11 is 0. The number of rotatable bonds is 3. The minimum absolute atomic E-state index is 0.283. The number of nitrogens with one attached hydrogen (secondary N) is 2. The maximum atomic E-state index is 12.8. The molecular weight excluding hydrogens is 352 g/mol. The van der Waals surface area contributed by atoms with Crippen LogP contribution in [0.4, 0.5) is 11.4 Å². The Balaban J connectivity index is 1.48. The zero-order chi connectivity index (χ0) is 19.5. The fraction of sp³-hybridized carbons (Fsp3) is 0.318. The van der Waals surface area contributed by atoms with E-state index in [9.17, 15) is 14.9 Å². The standard InChI is InChI=1S/C22H22N4O2/c23-14-18(15-5-2-1-3-6-15)20-7-4-12-26(20)22(28)21(27)25-17-8-9-19-16(13-17)10-11-24-19/h1-3,5-6,8-9,13,18,20,24H,4,7,10-12H2,(H,25,27). The van der Waals surface area contributed by atoms with Crippen molar-refractivity contribution in [2.75, 3.05) is 23.7 Å². The Morgan fingerprint density at radius 3 is 2.82 bits per heavy atom. The van der Waals surface area contributed by atoms with Gasteiger partial charge in [-0.1, -0.05) is 30.3 Å². The number of fused-ring (bicyclic) bond motifs is 1. The summed E-state index contributed by atoms with van der Waals surface area (Å²) in [6.45, 7) is 1.38. The lowest BCUT2D eigenvalue weighted by atomic mass is 9.91. The highest BCUT2D eigenvalue weighted by Crippen LogP contribution is 2.31. The maximum Gasteiger partial charge on any atom is 0.313 e. The molecule has 0 spiro atoms. The molecule has 0 saturated carbocycles. The molecule has 2 aliphatic heterocycles. The van der Waals surface area contributed by atoms with Gasteiger partial charge in [0.05, 0.1) is 18.0 Å². The lowest BCUT2D eigenvalue weighted by Gasteiger charge is -2.27. The average molecular weight is 374 g/mol. The van der Waals surface area contributed by atoms with E-state index in [2.05, 4.69) is 16.7 Å². The van der Waals surface area contributed by atoms with E-state index < -0.39 is 17.7 Å². The number of hydrogen-bond donors (Lipinski definition) is 2. The number of benzene rings is 2. The van der Waals surface area contributed by atoms with Gasteiger partial charge in [0.2, 0.25) is 0 Å². The Labute approximate surface area is 164 Å². The minimum Gasteiger partial charge on any atom is -0.384 e. The van der Waals surface area contributed by atoms with Crippen molar-refractivity contribution in [3.05, 3.63) is 59.7 Å². The van der Waals surface area contributed by atoms with E-state index >= 15 is 0 Å². The van der Waals surface area contributed by atoms with Crippen molar-refractivity contribution in [1.29, 1.82) is 5.26 Å². The van der Waals surface area contributed by atoms with Crippen LogP contribution in [0.2, 0.25) is 0 Å². The van der Waals surface area contributed by atoms with E-state index in [1.807, 2.05) is 42.5 Å². The molecule has 6 nitrogen and oxygen atoms in total. The van der Waals surface area contributed by atoms with Crippen LogP contribution in [0.15, 0.2) is 48.5 Å². The van der Waals surface area contributed by atoms with Gasteiger partial charge in [0.1, 0.15) is 0 Å². The molecule has 0 bridgehead atoms. The third-order valence-corrected chi connectivity index (χ3v) is 5.51. The summed E-state index contributed by atoms with van der Waals surface area (Å²) in [6, 6.07) is 17.1. The zero-order valence-corrected chi connectivity index (χ0v) is 15.5. The van der Waals surface area contributed by atoms with Gasteiger partial charge in [-0.05, 0) is 48.6 Å². The second kappa shape index (κ2) is 7.73. The first kappa shape index (κ1) is 18.1. The molecule has 1 fully saturated rings. The van der Waals surface area contributed by atoms with Crippen LogP contribution in [-0.4, -0.2) is 35.8 Å². The van der Waals surface area contributed by atoms with Crippen LogP contribution in [0, 0.1) is 11.3 Å². The topological polar surface area (TPSA) is 85.2 Å². The van der Waals surface area contributed by atoms with Crippen LogP contribution in [0.1, 0.15) is 29.9 Å². The average Bonchev–Trinajstić information content (AvgIpc) is 3.38. The van der Waals surface area contributed by atoms with Crippen LogP contribution in [0.25, 0.3) is 0 Å². The number of carbonyl (C=O) groups is 2. The molecule has 0 aliphatic carbocycles. The van der Waals surface area contributed by atoms with Gasteiger partial charge in [0, 0.05) is 24.5 Å². The lowest BCUT2D eigenvalue weighted by molar-refractivity contribution is -0.143. The molecule has 0 radical (unpaired) electrons. The smallest absolute Gasteiger partial charge is 0.313 e. The van der Waals surface area contributed by atoms with Gasteiger partial charge in [-0.3, -0.25) is 9.59 Å². The van der Waals surface area contributed by atoms with Gasteiger partial charge in [0.25, 0.3) is 0 Å². The molecule has 2 heterocycles. The summed E-state index contributed by atoms with van der Waals surface area (Å²) in [6.07, 6.45) is 2.41. The number of amides is 2. The third kappa shape index (κ3) is 3.44. The SMILES string of the molecule is N#CC(c1ccccc1)C1CCCN1C(=O)C(=O)Nc1ccc2c(c1)CCN2. The molecule has 2 aromatic carbocycles. The Bertz CT molecular complexity index is 935. The summed E-state index contributed by atoms with van der Waals surface area (Å²) in [5.41, 5.74) is 3.71. The Kier molecular flexibility index (Phi) is 4.98. The van der Waals surface area contributed by atoms with Gasteiger partial charge in [-0.15, -0.1) is 0 Å². The first-order chi connectivity index (χ1) is 13.7. The van der Waals surface area contributed by atoms with Crippen LogP contribution in [0.3, 0.4) is 0 Å². The van der Waals surface area contributed by atoms with Gasteiger partial charge in [-0.2, -0.15) is 5.26 Å². The molecule has 6 heteroatoms. The van der Waals surface area contributed by atoms with Gasteiger partial charge in [-0.25, -0.2) is 0 Å². The van der Waals surface area contributed by atoms with E-state index in [-0.39, 0.29) is 6.04 Å². The predicted molar refractivity (Wildman–Crippen MR) is 107 cm³/mol. The predicted octanol–water partition coefficient (Wildman–Crippen LogP) is 2.89. The summed E-state index contributed by atoms with van der Waals surface area (Å²) in [5.74, 6) is -1.66. The van der Waals surface area contributed by atoms with Crippen molar-refractivity contribution in [1.82, 2.24) is 4.90 Å². The second-order valence-electron chi connectivity index (χ2n) is 7.23. The first-order valence-corrected chi connectivity index (χ1v) is 9.60. The normalized spacial score (nSPS) is 18.7. The lowest BCUT2D eigenvalue weighted by Crippen LogP contribution is -2.44. The minimum atomic E-state index is -0.650. The molecule has 2 unspecified atom stereocenters. The number of carbonyl (C=O) groups excluding carboxylic acids is 2. The fourth-order valence-electron chi connectivity index (χ4n) is 4.13. The molecule has 4 rings (SSSR count). The Morgan fingerprint density at radius 1 is 1.21 bits per heavy atom. The highest BCUT2D eigenvalue weighted by Gasteiger charge is 2.38. The number of hydrogen-bond acceptors (Lipinski definition) is 4. The Morgan fingerprint density at radius 2 is 2.04 bits per heavy atom. The maximum absolute atomic E-state index is 12.8. The molecule has 2 amide bonds. The second-order valence-corrected chi connectivity index (χ2v) is 7.23. The van der Waals surface area contributed by atoms with Gasteiger partial charge in [0.15, 0.2) is 0 Å². The van der Waals surface area contributed by atoms with Crippen molar-refractivity contribution in [2.24, 2.45) is 0 Å². The summed E-state index contributed by atoms with van der Waals surface area (Å²) in [4.78, 5) is 27.0. The van der Waals surface area contributed by atoms with E-state index in [1.54, 1.807) is 11.0 Å². The molecule has 2 aromatic rings. The van der Waals surface area contributed by atoms with Crippen molar-refractivity contribution in [3.8, 4) is 6.07 Å². The molecule has 2 aliphatic rings. The zero-order valence-electron chi connectivity index (χ0n) is 15.5. The summed E-state index contributed by atoms with van der Waals surface area (Å²) in [5, 5.41) is 15.7. The number of nitrogens with zero attached hydrogens (tertiary/aromatic N) is 2. The number of anilines is 2. The summed E-state index contributed by atoms with van der Waals surface area (Å²) < 4.78 is 0. The van der Waals surface area contributed by atoms with Crippen LogP contribution in [0.5, 0.6) is 0 Å². The molecule has 2 atom stereocenters. The largest absolute Gasteiger partial charge is 0.384 e. The van der Waals surface area contributed by atoms with Gasteiger partial charge < -0.3 is 15.5 Å². The van der Waals surface area contributed by atoms with Crippen molar-refractivity contribution in [3.63, 3.8) is 0 Å². The third-order valence-electron chi connectivity index (χ3n) is 5.51. The van der Waals surface area contributed by atoms with E-state index in [0.29, 0.717) is 12.2 Å². The van der Waals surface area contributed by atoms with E-state index in [4.69, 9.17) is 0 Å². The molecular formula is C22H22N4O2.